The SMILES string of the molecule is CC(C)c1cc2c(cc1C(O)C(=O)O)OCCO2. The van der Waals surface area contributed by atoms with E-state index in [1.165, 1.54) is 0 Å². The van der Waals surface area contributed by atoms with Gasteiger partial charge in [-0.3, -0.25) is 0 Å². The predicted octanol–water partition coefficient (Wildman–Crippen LogP) is 1.70. The van der Waals surface area contributed by atoms with Gasteiger partial charge in [0.2, 0.25) is 0 Å². The first-order valence-electron chi connectivity index (χ1n) is 5.85. The third-order valence-electron chi connectivity index (χ3n) is 2.90. The summed E-state index contributed by atoms with van der Waals surface area (Å²) < 4.78 is 10.9. The van der Waals surface area contributed by atoms with Crippen LogP contribution in [-0.4, -0.2) is 29.4 Å². The molecule has 1 aliphatic rings. The zero-order chi connectivity index (χ0) is 13.3. The molecule has 1 atom stereocenters. The number of aliphatic hydroxyl groups is 1. The second-order valence-electron chi connectivity index (χ2n) is 4.52. The largest absolute Gasteiger partial charge is 0.486 e. The smallest absolute Gasteiger partial charge is 0.337 e. The lowest BCUT2D eigenvalue weighted by molar-refractivity contribution is -0.147. The van der Waals surface area contributed by atoms with Crippen LogP contribution in [0.25, 0.3) is 0 Å². The van der Waals surface area contributed by atoms with Gasteiger partial charge in [-0.1, -0.05) is 13.8 Å². The first-order valence-corrected chi connectivity index (χ1v) is 5.85. The maximum absolute atomic E-state index is 10.9. The summed E-state index contributed by atoms with van der Waals surface area (Å²) in [6, 6.07) is 3.31. The Bertz CT molecular complexity index is 467. The van der Waals surface area contributed by atoms with Crippen molar-refractivity contribution in [2.75, 3.05) is 13.2 Å². The fourth-order valence-corrected chi connectivity index (χ4v) is 1.99. The van der Waals surface area contributed by atoms with E-state index in [2.05, 4.69) is 0 Å². The molecule has 2 rings (SSSR count). The molecule has 0 spiro atoms. The molecule has 0 fully saturated rings. The highest BCUT2D eigenvalue weighted by Gasteiger charge is 2.25. The van der Waals surface area contributed by atoms with Gasteiger partial charge in [-0.05, 0) is 29.2 Å². The molecule has 98 valence electrons. The van der Waals surface area contributed by atoms with Crippen LogP contribution in [-0.2, 0) is 4.79 Å². The van der Waals surface area contributed by atoms with Gasteiger partial charge in [-0.25, -0.2) is 4.79 Å². The van der Waals surface area contributed by atoms with Crippen molar-refractivity contribution in [3.8, 4) is 11.5 Å². The van der Waals surface area contributed by atoms with E-state index < -0.39 is 12.1 Å². The Labute approximate surface area is 105 Å². The summed E-state index contributed by atoms with van der Waals surface area (Å²) in [5.41, 5.74) is 1.12. The molecule has 0 radical (unpaired) electrons. The van der Waals surface area contributed by atoms with Crippen molar-refractivity contribution in [3.63, 3.8) is 0 Å². The van der Waals surface area contributed by atoms with Crippen LogP contribution >= 0.6 is 0 Å². The van der Waals surface area contributed by atoms with Crippen molar-refractivity contribution in [1.82, 2.24) is 0 Å². The molecule has 0 aromatic heterocycles. The molecular weight excluding hydrogens is 236 g/mol. The zero-order valence-corrected chi connectivity index (χ0v) is 10.3. The number of rotatable bonds is 3. The summed E-state index contributed by atoms with van der Waals surface area (Å²) in [7, 11) is 0. The van der Waals surface area contributed by atoms with Crippen LogP contribution in [0.2, 0.25) is 0 Å². The molecule has 5 nitrogen and oxygen atoms in total. The Kier molecular flexibility index (Phi) is 3.43. The number of hydrogen-bond acceptors (Lipinski definition) is 4. The highest BCUT2D eigenvalue weighted by Crippen LogP contribution is 2.38. The summed E-state index contributed by atoms with van der Waals surface area (Å²) in [6.07, 6.45) is -1.54. The average Bonchev–Trinajstić information content (AvgIpc) is 2.36. The lowest BCUT2D eigenvalue weighted by Crippen LogP contribution is -2.18. The minimum Gasteiger partial charge on any atom is -0.486 e. The molecular formula is C13H16O5. The Morgan fingerprint density at radius 3 is 2.11 bits per heavy atom. The Morgan fingerprint density at radius 1 is 1.17 bits per heavy atom. The van der Waals surface area contributed by atoms with E-state index in [0.717, 1.165) is 5.56 Å². The van der Waals surface area contributed by atoms with Crippen LogP contribution in [0.3, 0.4) is 0 Å². The molecule has 2 N–H and O–H groups in total. The van der Waals surface area contributed by atoms with Crippen molar-refractivity contribution in [1.29, 1.82) is 0 Å². The fraction of sp³-hybridized carbons (Fsp3) is 0.462. The predicted molar refractivity (Wildman–Crippen MR) is 64.1 cm³/mol. The van der Waals surface area contributed by atoms with Gasteiger partial charge in [-0.15, -0.1) is 0 Å². The number of hydrogen-bond donors (Lipinski definition) is 2. The lowest BCUT2D eigenvalue weighted by atomic mass is 9.93. The van der Waals surface area contributed by atoms with Crippen LogP contribution in [0.5, 0.6) is 11.5 Å². The van der Waals surface area contributed by atoms with Gasteiger partial charge in [-0.2, -0.15) is 0 Å². The first-order chi connectivity index (χ1) is 8.50. The molecule has 1 aromatic rings. The third-order valence-corrected chi connectivity index (χ3v) is 2.90. The van der Waals surface area contributed by atoms with Crippen molar-refractivity contribution in [2.45, 2.75) is 25.9 Å². The van der Waals surface area contributed by atoms with Gasteiger partial charge in [0.1, 0.15) is 13.2 Å². The Morgan fingerprint density at radius 2 is 1.67 bits per heavy atom. The molecule has 0 saturated heterocycles. The van der Waals surface area contributed by atoms with E-state index in [9.17, 15) is 9.90 Å². The standard InChI is InChI=1S/C13H16O5/c1-7(2)8-5-10-11(18-4-3-17-10)6-9(8)12(14)13(15)16/h5-7,12,14H,3-4H2,1-2H3,(H,15,16). The molecule has 5 heteroatoms. The van der Waals surface area contributed by atoms with Crippen LogP contribution < -0.4 is 9.47 Å². The highest BCUT2D eigenvalue weighted by atomic mass is 16.6. The van der Waals surface area contributed by atoms with Crippen LogP contribution in [0, 0.1) is 0 Å². The van der Waals surface area contributed by atoms with Gasteiger partial charge in [0.05, 0.1) is 0 Å². The average molecular weight is 252 g/mol. The quantitative estimate of drug-likeness (QED) is 0.856. The molecule has 0 saturated carbocycles. The van der Waals surface area contributed by atoms with Crippen molar-refractivity contribution in [2.24, 2.45) is 0 Å². The van der Waals surface area contributed by atoms with Crippen molar-refractivity contribution < 1.29 is 24.5 Å². The van der Waals surface area contributed by atoms with E-state index in [1.54, 1.807) is 12.1 Å². The molecule has 1 unspecified atom stereocenters. The summed E-state index contributed by atoms with van der Waals surface area (Å²) in [5.74, 6) is -0.0920. The van der Waals surface area contributed by atoms with Gasteiger partial charge in [0, 0.05) is 0 Å². The molecule has 1 aliphatic heterocycles. The van der Waals surface area contributed by atoms with Crippen LogP contribution in [0.4, 0.5) is 0 Å². The number of carboxylic acids is 1. The van der Waals surface area contributed by atoms with E-state index in [-0.39, 0.29) is 5.92 Å². The van der Waals surface area contributed by atoms with Crippen molar-refractivity contribution in [3.05, 3.63) is 23.3 Å². The van der Waals surface area contributed by atoms with E-state index >= 15 is 0 Å². The molecule has 18 heavy (non-hydrogen) atoms. The topological polar surface area (TPSA) is 76.0 Å². The summed E-state index contributed by atoms with van der Waals surface area (Å²) in [6.45, 7) is 4.77. The summed E-state index contributed by atoms with van der Waals surface area (Å²) in [5, 5.41) is 18.7. The monoisotopic (exact) mass is 252 g/mol. The number of aliphatic hydroxyl groups excluding tert-OH is 1. The number of carbonyl (C=O) groups is 1. The van der Waals surface area contributed by atoms with Crippen LogP contribution in [0.1, 0.15) is 37.0 Å². The van der Waals surface area contributed by atoms with Gasteiger partial charge in [0.15, 0.2) is 17.6 Å². The highest BCUT2D eigenvalue weighted by molar-refractivity contribution is 5.75. The normalized spacial score (nSPS) is 15.6. The van der Waals surface area contributed by atoms with Gasteiger partial charge < -0.3 is 19.7 Å². The van der Waals surface area contributed by atoms with Crippen molar-refractivity contribution >= 4 is 5.97 Å². The first kappa shape index (κ1) is 12.7. The second kappa shape index (κ2) is 4.86. The maximum Gasteiger partial charge on any atom is 0.337 e. The molecule has 0 aliphatic carbocycles. The molecule has 0 bridgehead atoms. The maximum atomic E-state index is 10.9. The zero-order valence-electron chi connectivity index (χ0n) is 10.3. The fourth-order valence-electron chi connectivity index (χ4n) is 1.99. The van der Waals surface area contributed by atoms with Gasteiger partial charge in [0.25, 0.3) is 0 Å². The minimum absolute atomic E-state index is 0.0878. The Hall–Kier alpha value is -1.75. The number of fused-ring (bicyclic) bond motifs is 1. The minimum atomic E-state index is -1.54. The number of benzene rings is 1. The number of ether oxygens (including phenoxy) is 2. The molecule has 1 aromatic carbocycles. The number of aliphatic carboxylic acids is 1. The van der Waals surface area contributed by atoms with E-state index in [4.69, 9.17) is 14.6 Å². The Balaban J connectivity index is 2.52. The van der Waals surface area contributed by atoms with Gasteiger partial charge >= 0.3 is 5.97 Å². The molecule has 1 heterocycles. The molecule has 0 amide bonds. The second-order valence-corrected chi connectivity index (χ2v) is 4.52. The lowest BCUT2D eigenvalue weighted by Gasteiger charge is -2.23. The summed E-state index contributed by atoms with van der Waals surface area (Å²) in [4.78, 5) is 10.9. The summed E-state index contributed by atoms with van der Waals surface area (Å²) >= 11 is 0. The number of carboxylic acid groups (broad SMARTS) is 1. The van der Waals surface area contributed by atoms with Crippen LogP contribution in [0.15, 0.2) is 12.1 Å². The van der Waals surface area contributed by atoms with E-state index in [0.29, 0.717) is 30.3 Å². The third kappa shape index (κ3) is 2.26. The van der Waals surface area contributed by atoms with E-state index in [1.807, 2.05) is 13.8 Å².